The third-order valence-electron chi connectivity index (χ3n) is 4.47. The minimum Gasteiger partial charge on any atom is -0.495 e. The highest BCUT2D eigenvalue weighted by molar-refractivity contribution is 8.15. The Kier molecular flexibility index (Phi) is 7.18. The maximum atomic E-state index is 12.9. The van der Waals surface area contributed by atoms with Gasteiger partial charge in [-0.15, -0.1) is 6.58 Å². The fourth-order valence-corrected chi connectivity index (χ4v) is 4.29. The highest BCUT2D eigenvalue weighted by atomic mass is 35.5. The molecule has 0 unspecified atom stereocenters. The molecule has 1 N–H and O–H groups in total. The van der Waals surface area contributed by atoms with Crippen molar-refractivity contribution in [2.75, 3.05) is 19.0 Å². The minimum absolute atomic E-state index is 0.000395. The molecule has 6 nitrogen and oxygen atoms in total. The van der Waals surface area contributed by atoms with Gasteiger partial charge in [0.2, 0.25) is 11.8 Å². The molecule has 1 heterocycles. The Hall–Kier alpha value is -2.77. The van der Waals surface area contributed by atoms with Crippen molar-refractivity contribution >= 4 is 51.7 Å². The van der Waals surface area contributed by atoms with Crippen LogP contribution in [0.1, 0.15) is 12.0 Å². The van der Waals surface area contributed by atoms with Crippen LogP contribution in [0.3, 0.4) is 0 Å². The van der Waals surface area contributed by atoms with Crippen molar-refractivity contribution in [2.45, 2.75) is 18.6 Å². The number of benzene rings is 2. The summed E-state index contributed by atoms with van der Waals surface area (Å²) in [7, 11) is 1.51. The van der Waals surface area contributed by atoms with Gasteiger partial charge in [-0.2, -0.15) is 0 Å². The number of carbonyl (C=O) groups is 2. The molecule has 2 aromatic carbocycles. The van der Waals surface area contributed by atoms with E-state index < -0.39 is 5.25 Å². The van der Waals surface area contributed by atoms with Gasteiger partial charge in [-0.1, -0.05) is 47.6 Å². The molecular weight excluding hydrogens is 422 g/mol. The molecule has 1 aliphatic heterocycles. The average molecular weight is 444 g/mol. The fourth-order valence-electron chi connectivity index (χ4n) is 2.96. The number of thioether (sulfide) groups is 1. The first-order chi connectivity index (χ1) is 14.4. The number of carbonyl (C=O) groups excluding carboxylic acids is 2. The average Bonchev–Trinajstić information content (AvgIpc) is 2.99. The van der Waals surface area contributed by atoms with E-state index in [1.54, 1.807) is 29.2 Å². The van der Waals surface area contributed by atoms with E-state index in [4.69, 9.17) is 16.3 Å². The number of aryl methyl sites for hydroxylation is 1. The molecule has 0 radical (unpaired) electrons. The number of hydrogen-bond acceptors (Lipinski definition) is 5. The lowest BCUT2D eigenvalue weighted by Gasteiger charge is -2.14. The molecule has 0 saturated carbocycles. The molecule has 30 heavy (non-hydrogen) atoms. The molecule has 0 aliphatic carbocycles. The number of anilines is 1. The number of amidine groups is 1. The molecule has 0 aromatic heterocycles. The van der Waals surface area contributed by atoms with Gasteiger partial charge in [0.15, 0.2) is 5.17 Å². The quantitative estimate of drug-likeness (QED) is 0.624. The zero-order chi connectivity index (χ0) is 21.7. The van der Waals surface area contributed by atoms with Gasteiger partial charge in [0.1, 0.15) is 11.0 Å². The number of nitrogens with zero attached hydrogens (tertiary/aromatic N) is 2. The van der Waals surface area contributed by atoms with Crippen molar-refractivity contribution < 1.29 is 14.3 Å². The van der Waals surface area contributed by atoms with Gasteiger partial charge >= 0.3 is 0 Å². The van der Waals surface area contributed by atoms with Gasteiger partial charge < -0.3 is 10.1 Å². The standard InChI is InChI=1S/C22H22ClN3O3S/c1-4-11-26-21(28)19(30-22(26)25-16-8-6-5-7-14(16)2)13-20(27)24-17-12-15(23)9-10-18(17)29-3/h4-10,12,19H,1,11,13H2,2-3H3,(H,24,27)/t19-/m0/s1. The number of para-hydroxylation sites is 1. The third kappa shape index (κ3) is 5.04. The predicted octanol–water partition coefficient (Wildman–Crippen LogP) is 4.80. The first-order valence-electron chi connectivity index (χ1n) is 9.29. The topological polar surface area (TPSA) is 71.0 Å². The molecule has 2 amide bonds. The third-order valence-corrected chi connectivity index (χ3v) is 5.88. The molecule has 1 fully saturated rings. The van der Waals surface area contributed by atoms with Crippen LogP contribution in [0.15, 0.2) is 60.1 Å². The summed E-state index contributed by atoms with van der Waals surface area (Å²) >= 11 is 7.30. The van der Waals surface area contributed by atoms with Crippen molar-refractivity contribution in [3.8, 4) is 5.75 Å². The Morgan fingerprint density at radius 1 is 1.37 bits per heavy atom. The van der Waals surface area contributed by atoms with E-state index in [0.717, 1.165) is 11.3 Å². The summed E-state index contributed by atoms with van der Waals surface area (Å²) < 4.78 is 5.25. The van der Waals surface area contributed by atoms with Crippen LogP contribution in [0.2, 0.25) is 5.02 Å². The number of methoxy groups -OCH3 is 1. The maximum absolute atomic E-state index is 12.9. The summed E-state index contributed by atoms with van der Waals surface area (Å²) in [5, 5.41) is 3.24. The van der Waals surface area contributed by atoms with Crippen molar-refractivity contribution in [3.63, 3.8) is 0 Å². The number of rotatable bonds is 7. The van der Waals surface area contributed by atoms with Crippen LogP contribution in [0.4, 0.5) is 11.4 Å². The molecule has 1 aliphatic rings. The molecule has 156 valence electrons. The molecule has 8 heteroatoms. The SMILES string of the molecule is C=CCN1C(=O)[C@H](CC(=O)Nc2cc(Cl)ccc2OC)SC1=Nc1ccccc1C. The van der Waals surface area contributed by atoms with Crippen LogP contribution < -0.4 is 10.1 Å². The zero-order valence-corrected chi connectivity index (χ0v) is 18.3. The summed E-state index contributed by atoms with van der Waals surface area (Å²) in [5.41, 5.74) is 2.25. The summed E-state index contributed by atoms with van der Waals surface area (Å²) in [4.78, 5) is 31.7. The number of hydrogen-bond donors (Lipinski definition) is 1. The van der Waals surface area contributed by atoms with Crippen LogP contribution >= 0.6 is 23.4 Å². The Morgan fingerprint density at radius 3 is 2.83 bits per heavy atom. The summed E-state index contributed by atoms with van der Waals surface area (Å²) in [6.45, 7) is 6.01. The lowest BCUT2D eigenvalue weighted by atomic mass is 10.2. The molecule has 1 saturated heterocycles. The van der Waals surface area contributed by atoms with Crippen LogP contribution in [0.5, 0.6) is 5.75 Å². The normalized spacial score (nSPS) is 17.3. The number of nitrogens with one attached hydrogen (secondary N) is 1. The summed E-state index contributed by atoms with van der Waals surface area (Å²) in [5.74, 6) is 0.0193. The first kappa shape index (κ1) is 21.9. The largest absolute Gasteiger partial charge is 0.495 e. The first-order valence-corrected chi connectivity index (χ1v) is 10.6. The smallest absolute Gasteiger partial charge is 0.242 e. The van der Waals surface area contributed by atoms with Gasteiger partial charge in [0.25, 0.3) is 0 Å². The zero-order valence-electron chi connectivity index (χ0n) is 16.7. The van der Waals surface area contributed by atoms with Gasteiger partial charge in [-0.25, -0.2) is 4.99 Å². The summed E-state index contributed by atoms with van der Waals surface area (Å²) in [6.07, 6.45) is 1.64. The van der Waals surface area contributed by atoms with E-state index >= 15 is 0 Å². The van der Waals surface area contributed by atoms with E-state index in [9.17, 15) is 9.59 Å². The van der Waals surface area contributed by atoms with E-state index in [0.29, 0.717) is 28.2 Å². The maximum Gasteiger partial charge on any atom is 0.242 e. The predicted molar refractivity (Wildman–Crippen MR) is 123 cm³/mol. The number of amides is 2. The Morgan fingerprint density at radius 2 is 2.13 bits per heavy atom. The van der Waals surface area contributed by atoms with Crippen molar-refractivity contribution in [2.24, 2.45) is 4.99 Å². The monoisotopic (exact) mass is 443 g/mol. The molecule has 3 rings (SSSR count). The summed E-state index contributed by atoms with van der Waals surface area (Å²) in [6, 6.07) is 12.6. The van der Waals surface area contributed by atoms with E-state index in [1.807, 2.05) is 31.2 Å². The second kappa shape index (κ2) is 9.82. The Labute approximate surface area is 185 Å². The van der Waals surface area contributed by atoms with Crippen LogP contribution in [0.25, 0.3) is 0 Å². The van der Waals surface area contributed by atoms with Crippen molar-refractivity contribution in [1.82, 2.24) is 4.90 Å². The van der Waals surface area contributed by atoms with Gasteiger partial charge in [0.05, 0.1) is 18.5 Å². The lowest BCUT2D eigenvalue weighted by Crippen LogP contribution is -2.33. The fraction of sp³-hybridized carbons (Fsp3) is 0.227. The molecule has 2 aromatic rings. The Bertz CT molecular complexity index is 1010. The second-order valence-corrected chi connectivity index (χ2v) is 8.23. The van der Waals surface area contributed by atoms with Crippen LogP contribution in [-0.4, -0.2) is 40.8 Å². The van der Waals surface area contributed by atoms with E-state index in [2.05, 4.69) is 16.9 Å². The van der Waals surface area contributed by atoms with E-state index in [1.165, 1.54) is 18.9 Å². The molecular formula is C22H22ClN3O3S. The number of halogens is 1. The van der Waals surface area contributed by atoms with E-state index in [-0.39, 0.29) is 18.2 Å². The van der Waals surface area contributed by atoms with Crippen LogP contribution in [-0.2, 0) is 9.59 Å². The Balaban J connectivity index is 1.77. The molecule has 1 atom stereocenters. The van der Waals surface area contributed by atoms with Crippen molar-refractivity contribution in [3.05, 3.63) is 65.7 Å². The number of aliphatic imine (C=N–C) groups is 1. The van der Waals surface area contributed by atoms with Gasteiger partial charge in [-0.05, 0) is 36.8 Å². The number of ether oxygens (including phenoxy) is 1. The minimum atomic E-state index is -0.571. The highest BCUT2D eigenvalue weighted by Crippen LogP contribution is 2.33. The molecule has 0 spiro atoms. The van der Waals surface area contributed by atoms with Crippen molar-refractivity contribution in [1.29, 1.82) is 0 Å². The molecule has 0 bridgehead atoms. The second-order valence-electron chi connectivity index (χ2n) is 6.62. The van der Waals surface area contributed by atoms with Gasteiger partial charge in [0, 0.05) is 18.0 Å². The van der Waals surface area contributed by atoms with Crippen LogP contribution in [0, 0.1) is 6.92 Å². The van der Waals surface area contributed by atoms with Gasteiger partial charge in [-0.3, -0.25) is 14.5 Å². The lowest BCUT2D eigenvalue weighted by molar-refractivity contribution is -0.127. The highest BCUT2D eigenvalue weighted by Gasteiger charge is 2.38.